The van der Waals surface area contributed by atoms with Gasteiger partial charge in [-0.3, -0.25) is 4.79 Å². The van der Waals surface area contributed by atoms with Gasteiger partial charge in [-0.2, -0.15) is 0 Å². The summed E-state index contributed by atoms with van der Waals surface area (Å²) in [6.45, 7) is 3.16. The topological polar surface area (TPSA) is 55.6 Å². The van der Waals surface area contributed by atoms with Crippen LogP contribution in [0.1, 0.15) is 15.9 Å². The largest absolute Gasteiger partial charge is 0.377 e. The van der Waals surface area contributed by atoms with Crippen molar-refractivity contribution in [3.63, 3.8) is 0 Å². The van der Waals surface area contributed by atoms with Gasteiger partial charge < -0.3 is 14.5 Å². The van der Waals surface area contributed by atoms with Gasteiger partial charge in [0.15, 0.2) is 0 Å². The van der Waals surface area contributed by atoms with E-state index < -0.39 is 0 Å². The molecule has 2 aromatic rings. The Balaban J connectivity index is 1.97. The lowest BCUT2D eigenvalue weighted by atomic mass is 10.1. The summed E-state index contributed by atoms with van der Waals surface area (Å²) in [5.74, 6) is -0.0850. The summed E-state index contributed by atoms with van der Waals surface area (Å²) >= 11 is 0. The van der Waals surface area contributed by atoms with Crippen molar-refractivity contribution in [3.05, 3.63) is 35.8 Å². The van der Waals surface area contributed by atoms with Crippen LogP contribution in [0.2, 0.25) is 0 Å². The molecule has 0 bridgehead atoms. The Hall–Kier alpha value is -1.88. The lowest BCUT2D eigenvalue weighted by molar-refractivity contribution is -0.00344. The quantitative estimate of drug-likeness (QED) is 0.830. The van der Waals surface area contributed by atoms with Gasteiger partial charge in [0, 0.05) is 18.6 Å². The van der Waals surface area contributed by atoms with E-state index in [0.29, 0.717) is 24.4 Å². The van der Waals surface area contributed by atoms with Crippen LogP contribution in [0.15, 0.2) is 24.7 Å². The van der Waals surface area contributed by atoms with Crippen LogP contribution in [0.4, 0.5) is 0 Å². The first-order valence-corrected chi connectivity index (χ1v) is 5.56. The minimum atomic E-state index is -0.0850. The van der Waals surface area contributed by atoms with Crippen molar-refractivity contribution in [3.8, 4) is 0 Å². The Bertz CT molecular complexity index is 572. The average molecular weight is 231 g/mol. The molecule has 0 aliphatic carbocycles. The highest BCUT2D eigenvalue weighted by Crippen LogP contribution is 2.12. The first kappa shape index (κ1) is 10.3. The molecular formula is C12H13N3O2. The Morgan fingerprint density at radius 2 is 2.41 bits per heavy atom. The Morgan fingerprint density at radius 3 is 3.12 bits per heavy atom. The van der Waals surface area contributed by atoms with E-state index in [1.807, 2.05) is 29.8 Å². The molecular weight excluding hydrogens is 218 g/mol. The van der Waals surface area contributed by atoms with Crippen LogP contribution in [0.5, 0.6) is 0 Å². The minimum absolute atomic E-state index is 0.0850. The van der Waals surface area contributed by atoms with Gasteiger partial charge >= 0.3 is 0 Å². The average Bonchev–Trinajstić information content (AvgIpc) is 2.69. The van der Waals surface area contributed by atoms with Gasteiger partial charge in [0.2, 0.25) is 0 Å². The van der Waals surface area contributed by atoms with E-state index in [4.69, 9.17) is 4.74 Å². The van der Waals surface area contributed by atoms with E-state index in [1.54, 1.807) is 6.20 Å². The number of carbonyl (C=O) groups excluding carboxylic acids is 1. The number of nitrogens with zero attached hydrogens (tertiary/aromatic N) is 2. The number of imidazole rings is 1. The first-order chi connectivity index (χ1) is 8.24. The number of rotatable bonds is 2. The number of hydrogen-bond donors (Lipinski definition) is 1. The molecule has 0 aromatic carbocycles. The summed E-state index contributed by atoms with van der Waals surface area (Å²) in [5, 5.41) is 2.92. The highest BCUT2D eigenvalue weighted by Gasteiger charge is 2.22. The third kappa shape index (κ3) is 1.78. The normalized spacial score (nSPS) is 15.8. The molecule has 0 saturated carbocycles. The number of nitrogens with one attached hydrogen (secondary N) is 1. The fraction of sp³-hybridized carbons (Fsp3) is 0.333. The van der Waals surface area contributed by atoms with E-state index in [9.17, 15) is 4.79 Å². The van der Waals surface area contributed by atoms with Gasteiger partial charge in [-0.1, -0.05) is 0 Å². The molecule has 88 valence electrons. The molecule has 0 atom stereocenters. The maximum Gasteiger partial charge on any atom is 0.255 e. The van der Waals surface area contributed by atoms with Gasteiger partial charge in [-0.25, -0.2) is 4.98 Å². The molecule has 1 N–H and O–H groups in total. The second kappa shape index (κ2) is 3.85. The van der Waals surface area contributed by atoms with E-state index >= 15 is 0 Å². The molecule has 0 radical (unpaired) electrons. The monoisotopic (exact) mass is 231 g/mol. The smallest absolute Gasteiger partial charge is 0.255 e. The van der Waals surface area contributed by atoms with Gasteiger partial charge in [0.25, 0.3) is 5.91 Å². The SMILES string of the molecule is Cc1cc(C(=O)NC2COC2)c2nccn2c1. The third-order valence-electron chi connectivity index (χ3n) is 2.84. The third-order valence-corrected chi connectivity index (χ3v) is 2.84. The van der Waals surface area contributed by atoms with Crippen molar-refractivity contribution in [2.75, 3.05) is 13.2 Å². The van der Waals surface area contributed by atoms with Gasteiger partial charge in [0.05, 0.1) is 24.8 Å². The summed E-state index contributed by atoms with van der Waals surface area (Å²) in [5.41, 5.74) is 2.33. The molecule has 2 aromatic heterocycles. The van der Waals surface area contributed by atoms with E-state index in [-0.39, 0.29) is 11.9 Å². The summed E-state index contributed by atoms with van der Waals surface area (Å²) in [6.07, 6.45) is 5.48. The van der Waals surface area contributed by atoms with E-state index in [0.717, 1.165) is 5.56 Å². The van der Waals surface area contributed by atoms with Crippen LogP contribution < -0.4 is 5.32 Å². The van der Waals surface area contributed by atoms with Crippen LogP contribution in [0, 0.1) is 6.92 Å². The maximum absolute atomic E-state index is 12.1. The number of carbonyl (C=O) groups is 1. The molecule has 3 rings (SSSR count). The molecule has 1 fully saturated rings. The van der Waals surface area contributed by atoms with Crippen molar-refractivity contribution >= 4 is 11.6 Å². The Morgan fingerprint density at radius 1 is 1.59 bits per heavy atom. The zero-order valence-corrected chi connectivity index (χ0v) is 9.51. The molecule has 5 nitrogen and oxygen atoms in total. The van der Waals surface area contributed by atoms with Crippen LogP contribution in [0.3, 0.4) is 0 Å². The molecule has 1 amide bonds. The number of aromatic nitrogens is 2. The number of hydrogen-bond acceptors (Lipinski definition) is 3. The number of ether oxygens (including phenoxy) is 1. The molecule has 0 spiro atoms. The Kier molecular flexibility index (Phi) is 2.33. The van der Waals surface area contributed by atoms with Crippen molar-refractivity contribution in [2.45, 2.75) is 13.0 Å². The minimum Gasteiger partial charge on any atom is -0.377 e. The molecule has 1 aliphatic rings. The fourth-order valence-corrected chi connectivity index (χ4v) is 1.92. The Labute approximate surface area is 98.4 Å². The molecule has 1 saturated heterocycles. The van der Waals surface area contributed by atoms with Gasteiger partial charge in [-0.15, -0.1) is 0 Å². The highest BCUT2D eigenvalue weighted by molar-refractivity contribution is 6.00. The molecule has 1 aliphatic heterocycles. The number of aryl methyl sites for hydroxylation is 1. The van der Waals surface area contributed by atoms with Crippen molar-refractivity contribution in [2.24, 2.45) is 0 Å². The van der Waals surface area contributed by atoms with Crippen molar-refractivity contribution in [1.82, 2.24) is 14.7 Å². The van der Waals surface area contributed by atoms with Crippen molar-refractivity contribution in [1.29, 1.82) is 0 Å². The molecule has 5 heteroatoms. The van der Waals surface area contributed by atoms with Crippen LogP contribution >= 0.6 is 0 Å². The lowest BCUT2D eigenvalue weighted by Crippen LogP contribution is -2.48. The van der Waals surface area contributed by atoms with E-state index in [1.165, 1.54) is 0 Å². The number of amides is 1. The number of fused-ring (bicyclic) bond motifs is 1. The molecule has 17 heavy (non-hydrogen) atoms. The second-order valence-electron chi connectivity index (χ2n) is 4.30. The van der Waals surface area contributed by atoms with Gasteiger partial charge in [-0.05, 0) is 18.6 Å². The number of pyridine rings is 1. The van der Waals surface area contributed by atoms with E-state index in [2.05, 4.69) is 10.3 Å². The predicted molar refractivity (Wildman–Crippen MR) is 62.0 cm³/mol. The highest BCUT2D eigenvalue weighted by atomic mass is 16.5. The zero-order valence-electron chi connectivity index (χ0n) is 9.51. The van der Waals surface area contributed by atoms with Crippen LogP contribution in [0.25, 0.3) is 5.65 Å². The molecule has 3 heterocycles. The van der Waals surface area contributed by atoms with Gasteiger partial charge in [0.1, 0.15) is 5.65 Å². The maximum atomic E-state index is 12.1. The zero-order chi connectivity index (χ0) is 11.8. The van der Waals surface area contributed by atoms with Crippen molar-refractivity contribution < 1.29 is 9.53 Å². The summed E-state index contributed by atoms with van der Waals surface area (Å²) < 4.78 is 6.89. The first-order valence-electron chi connectivity index (χ1n) is 5.56. The fourth-order valence-electron chi connectivity index (χ4n) is 1.92. The van der Waals surface area contributed by atoms with Crippen LogP contribution in [-0.2, 0) is 4.74 Å². The summed E-state index contributed by atoms with van der Waals surface area (Å²) in [7, 11) is 0. The summed E-state index contributed by atoms with van der Waals surface area (Å²) in [4.78, 5) is 16.3. The second-order valence-corrected chi connectivity index (χ2v) is 4.30. The standard InChI is InChI=1S/C12H13N3O2/c1-8-4-10(11-13-2-3-15(11)5-8)12(16)14-9-6-17-7-9/h2-5,9H,6-7H2,1H3,(H,14,16). The van der Waals surface area contributed by atoms with Crippen LogP contribution in [-0.4, -0.2) is 34.5 Å². The summed E-state index contributed by atoms with van der Waals surface area (Å²) in [6, 6.07) is 2.00. The predicted octanol–water partition coefficient (Wildman–Crippen LogP) is 0.771. The lowest BCUT2D eigenvalue weighted by Gasteiger charge is -2.26. The molecule has 0 unspecified atom stereocenters.